The van der Waals surface area contributed by atoms with Crippen molar-refractivity contribution in [2.75, 3.05) is 6.54 Å². The number of aliphatic hydroxyl groups is 1. The summed E-state index contributed by atoms with van der Waals surface area (Å²) >= 11 is 0. The quantitative estimate of drug-likeness (QED) is 0.862. The minimum absolute atomic E-state index is 0.226. The number of aliphatic hydroxyl groups excluding tert-OH is 1. The molecule has 3 nitrogen and oxygen atoms in total. The van der Waals surface area contributed by atoms with Crippen LogP contribution in [0.5, 0.6) is 5.75 Å². The molecular formula is C15H23NO2. The molecule has 18 heavy (non-hydrogen) atoms. The van der Waals surface area contributed by atoms with Crippen LogP contribution in [0.1, 0.15) is 48.5 Å². The number of rotatable bonds is 4. The van der Waals surface area contributed by atoms with Crippen LogP contribution in [-0.4, -0.2) is 17.8 Å². The van der Waals surface area contributed by atoms with Crippen LogP contribution in [0.25, 0.3) is 0 Å². The first kappa shape index (κ1) is 13.4. The second kappa shape index (κ2) is 5.72. The Hall–Kier alpha value is -1.06. The normalized spacial score (nSPS) is 18.0. The molecule has 1 aliphatic carbocycles. The minimum Gasteiger partial charge on any atom is -0.490 e. The van der Waals surface area contributed by atoms with Crippen molar-refractivity contribution in [2.45, 2.75) is 51.7 Å². The number of hydrogen-bond acceptors (Lipinski definition) is 3. The maximum absolute atomic E-state index is 9.99. The Balaban J connectivity index is 2.31. The largest absolute Gasteiger partial charge is 0.490 e. The van der Waals surface area contributed by atoms with Crippen molar-refractivity contribution in [2.24, 2.45) is 5.73 Å². The summed E-state index contributed by atoms with van der Waals surface area (Å²) in [5.41, 5.74) is 8.70. The molecule has 1 atom stereocenters. The molecule has 1 aliphatic rings. The molecule has 3 heteroatoms. The molecule has 0 saturated heterocycles. The second-order valence-electron chi connectivity index (χ2n) is 5.20. The van der Waals surface area contributed by atoms with Crippen LogP contribution in [0.3, 0.4) is 0 Å². The van der Waals surface area contributed by atoms with Gasteiger partial charge in [-0.3, -0.25) is 0 Å². The van der Waals surface area contributed by atoms with E-state index in [1.807, 2.05) is 19.1 Å². The smallest absolute Gasteiger partial charge is 0.128 e. The van der Waals surface area contributed by atoms with Crippen molar-refractivity contribution in [3.63, 3.8) is 0 Å². The number of ether oxygens (including phenoxy) is 1. The fraction of sp³-hybridized carbons (Fsp3) is 0.600. The molecule has 0 heterocycles. The van der Waals surface area contributed by atoms with Crippen LogP contribution < -0.4 is 10.5 Å². The van der Waals surface area contributed by atoms with Gasteiger partial charge >= 0.3 is 0 Å². The molecule has 0 aromatic heterocycles. The third kappa shape index (κ3) is 2.68. The molecule has 1 aromatic carbocycles. The lowest BCUT2D eigenvalue weighted by atomic mass is 10.0. The van der Waals surface area contributed by atoms with Crippen molar-refractivity contribution >= 4 is 0 Å². The number of benzene rings is 1. The molecule has 2 rings (SSSR count). The molecular weight excluding hydrogens is 226 g/mol. The summed E-state index contributed by atoms with van der Waals surface area (Å²) in [7, 11) is 0. The van der Waals surface area contributed by atoms with Gasteiger partial charge in [0.1, 0.15) is 5.75 Å². The van der Waals surface area contributed by atoms with E-state index in [2.05, 4.69) is 6.92 Å². The molecule has 3 N–H and O–H groups in total. The van der Waals surface area contributed by atoms with Crippen molar-refractivity contribution in [3.8, 4) is 5.75 Å². The average molecular weight is 249 g/mol. The molecule has 0 radical (unpaired) electrons. The Morgan fingerprint density at radius 1 is 1.33 bits per heavy atom. The van der Waals surface area contributed by atoms with Gasteiger partial charge in [-0.25, -0.2) is 0 Å². The lowest BCUT2D eigenvalue weighted by Crippen LogP contribution is -2.17. The summed E-state index contributed by atoms with van der Waals surface area (Å²) in [6.07, 6.45) is 4.38. The maximum atomic E-state index is 9.99. The minimum atomic E-state index is -0.638. The fourth-order valence-electron chi connectivity index (χ4n) is 2.53. The predicted molar refractivity (Wildman–Crippen MR) is 72.8 cm³/mol. The standard InChI is InChI=1S/C15H23NO2/c1-10-7-8-13(14(17)9-16)15(11(10)2)18-12-5-3-4-6-12/h7-8,12,14,17H,3-6,9,16H2,1-2H3. The van der Waals surface area contributed by atoms with Gasteiger partial charge in [-0.05, 0) is 50.7 Å². The summed E-state index contributed by atoms with van der Waals surface area (Å²) in [5.74, 6) is 0.847. The third-order valence-corrected chi connectivity index (χ3v) is 3.88. The van der Waals surface area contributed by atoms with E-state index in [1.54, 1.807) is 0 Å². The summed E-state index contributed by atoms with van der Waals surface area (Å²) < 4.78 is 6.13. The highest BCUT2D eigenvalue weighted by atomic mass is 16.5. The van der Waals surface area contributed by atoms with Crippen molar-refractivity contribution < 1.29 is 9.84 Å². The fourth-order valence-corrected chi connectivity index (χ4v) is 2.53. The van der Waals surface area contributed by atoms with Gasteiger partial charge in [-0.2, -0.15) is 0 Å². The highest BCUT2D eigenvalue weighted by molar-refractivity contribution is 5.46. The van der Waals surface area contributed by atoms with E-state index in [0.29, 0.717) is 6.10 Å². The van der Waals surface area contributed by atoms with Gasteiger partial charge in [-0.1, -0.05) is 12.1 Å². The van der Waals surface area contributed by atoms with Crippen LogP contribution >= 0.6 is 0 Å². The van der Waals surface area contributed by atoms with E-state index in [0.717, 1.165) is 29.7 Å². The van der Waals surface area contributed by atoms with Gasteiger partial charge < -0.3 is 15.6 Å². The summed E-state index contributed by atoms with van der Waals surface area (Å²) in [6.45, 7) is 4.34. The molecule has 1 unspecified atom stereocenters. The Bertz CT molecular complexity index is 411. The first-order valence-electron chi connectivity index (χ1n) is 6.78. The molecule has 1 fully saturated rings. The van der Waals surface area contributed by atoms with Crippen LogP contribution in [0, 0.1) is 13.8 Å². The van der Waals surface area contributed by atoms with Gasteiger partial charge in [0.25, 0.3) is 0 Å². The number of aryl methyl sites for hydroxylation is 1. The van der Waals surface area contributed by atoms with E-state index < -0.39 is 6.10 Å². The molecule has 0 bridgehead atoms. The third-order valence-electron chi connectivity index (χ3n) is 3.88. The number of hydrogen-bond donors (Lipinski definition) is 2. The Kier molecular flexibility index (Phi) is 4.25. The molecule has 1 aromatic rings. The average Bonchev–Trinajstić information content (AvgIpc) is 2.87. The van der Waals surface area contributed by atoms with Gasteiger partial charge in [-0.15, -0.1) is 0 Å². The Labute approximate surface area is 109 Å². The second-order valence-corrected chi connectivity index (χ2v) is 5.20. The van der Waals surface area contributed by atoms with E-state index in [9.17, 15) is 5.11 Å². The Morgan fingerprint density at radius 3 is 2.61 bits per heavy atom. The van der Waals surface area contributed by atoms with Crippen LogP contribution in [0.15, 0.2) is 12.1 Å². The van der Waals surface area contributed by atoms with Crippen LogP contribution in [0.2, 0.25) is 0 Å². The summed E-state index contributed by atoms with van der Waals surface area (Å²) in [6, 6.07) is 3.95. The maximum Gasteiger partial charge on any atom is 0.128 e. The first-order chi connectivity index (χ1) is 8.63. The van der Waals surface area contributed by atoms with Crippen molar-refractivity contribution in [1.29, 1.82) is 0 Å². The zero-order valence-electron chi connectivity index (χ0n) is 11.3. The Morgan fingerprint density at radius 2 is 2.00 bits per heavy atom. The van der Waals surface area contributed by atoms with E-state index >= 15 is 0 Å². The lowest BCUT2D eigenvalue weighted by molar-refractivity contribution is 0.165. The monoisotopic (exact) mass is 249 g/mol. The van der Waals surface area contributed by atoms with Gasteiger partial charge in [0, 0.05) is 12.1 Å². The SMILES string of the molecule is Cc1ccc(C(O)CN)c(OC2CCCC2)c1C. The van der Waals surface area contributed by atoms with Gasteiger partial charge in [0.2, 0.25) is 0 Å². The predicted octanol–water partition coefficient (Wildman–Crippen LogP) is 2.62. The number of nitrogens with two attached hydrogens (primary N) is 1. The zero-order valence-corrected chi connectivity index (χ0v) is 11.3. The van der Waals surface area contributed by atoms with Gasteiger partial charge in [0.15, 0.2) is 0 Å². The van der Waals surface area contributed by atoms with E-state index in [4.69, 9.17) is 10.5 Å². The first-order valence-corrected chi connectivity index (χ1v) is 6.78. The van der Waals surface area contributed by atoms with Crippen LogP contribution in [-0.2, 0) is 0 Å². The van der Waals surface area contributed by atoms with Crippen LogP contribution in [0.4, 0.5) is 0 Å². The molecule has 1 saturated carbocycles. The lowest BCUT2D eigenvalue weighted by Gasteiger charge is -2.22. The molecule has 100 valence electrons. The highest BCUT2D eigenvalue weighted by Crippen LogP contribution is 2.34. The zero-order chi connectivity index (χ0) is 13.1. The van der Waals surface area contributed by atoms with E-state index in [1.165, 1.54) is 18.4 Å². The summed E-state index contributed by atoms with van der Waals surface area (Å²) in [4.78, 5) is 0. The molecule has 0 spiro atoms. The molecule has 0 amide bonds. The van der Waals surface area contributed by atoms with Gasteiger partial charge in [0.05, 0.1) is 12.2 Å². The highest BCUT2D eigenvalue weighted by Gasteiger charge is 2.21. The van der Waals surface area contributed by atoms with Crippen molar-refractivity contribution in [3.05, 3.63) is 28.8 Å². The van der Waals surface area contributed by atoms with E-state index in [-0.39, 0.29) is 6.54 Å². The topological polar surface area (TPSA) is 55.5 Å². The van der Waals surface area contributed by atoms with Crippen molar-refractivity contribution in [1.82, 2.24) is 0 Å². The molecule has 0 aliphatic heterocycles. The summed E-state index contributed by atoms with van der Waals surface area (Å²) in [5, 5.41) is 9.99.